The van der Waals surface area contributed by atoms with Crippen LogP contribution in [0.25, 0.3) is 0 Å². The van der Waals surface area contributed by atoms with Gasteiger partial charge in [-0.3, -0.25) is 0 Å². The van der Waals surface area contributed by atoms with Gasteiger partial charge in [0, 0.05) is 6.04 Å². The van der Waals surface area contributed by atoms with Crippen LogP contribution in [0.4, 0.5) is 0 Å². The fraction of sp³-hybridized carbons (Fsp3) is 0.818. The summed E-state index contributed by atoms with van der Waals surface area (Å²) in [6.07, 6.45) is 3.77. The van der Waals surface area contributed by atoms with Gasteiger partial charge in [0.2, 0.25) is 0 Å². The van der Waals surface area contributed by atoms with Crippen LogP contribution in [0.15, 0.2) is 12.5 Å². The number of hydrogen-bond acceptors (Lipinski definition) is 2. The molecule has 1 fully saturated rings. The summed E-state index contributed by atoms with van der Waals surface area (Å²) < 4.78 is 5.47. The van der Waals surface area contributed by atoms with Crippen molar-refractivity contribution in [3.8, 4) is 0 Å². The van der Waals surface area contributed by atoms with E-state index in [0.717, 1.165) is 12.5 Å². The van der Waals surface area contributed by atoms with Crippen molar-refractivity contribution in [3.63, 3.8) is 0 Å². The van der Waals surface area contributed by atoms with Crippen LogP contribution >= 0.6 is 0 Å². The van der Waals surface area contributed by atoms with E-state index >= 15 is 0 Å². The molecule has 13 heavy (non-hydrogen) atoms. The van der Waals surface area contributed by atoms with Crippen LogP contribution in [-0.4, -0.2) is 23.6 Å². The van der Waals surface area contributed by atoms with Crippen LogP contribution in [0.2, 0.25) is 0 Å². The normalized spacial score (nSPS) is 22.6. The van der Waals surface area contributed by atoms with Gasteiger partial charge in [-0.1, -0.05) is 19.8 Å². The molecule has 0 amide bonds. The zero-order valence-electron chi connectivity index (χ0n) is 9.05. The van der Waals surface area contributed by atoms with E-state index < -0.39 is 0 Å². The molecule has 0 N–H and O–H groups in total. The van der Waals surface area contributed by atoms with Crippen LogP contribution < -0.4 is 0 Å². The maximum Gasteiger partial charge on any atom is 0.182 e. The molecule has 0 radical (unpaired) electrons. The molecular formula is C11H21NO. The van der Waals surface area contributed by atoms with Crippen LogP contribution in [0.3, 0.4) is 0 Å². The first-order chi connectivity index (χ1) is 6.16. The van der Waals surface area contributed by atoms with Gasteiger partial charge >= 0.3 is 0 Å². The van der Waals surface area contributed by atoms with E-state index in [9.17, 15) is 0 Å². The van der Waals surface area contributed by atoms with Crippen LogP contribution in [0.1, 0.15) is 40.0 Å². The molecule has 1 rings (SSSR count). The van der Waals surface area contributed by atoms with Crippen molar-refractivity contribution in [1.82, 2.24) is 4.90 Å². The molecule has 0 bridgehead atoms. The summed E-state index contributed by atoms with van der Waals surface area (Å²) in [5, 5.41) is 0. The van der Waals surface area contributed by atoms with Gasteiger partial charge in [-0.05, 0) is 26.8 Å². The molecule has 2 heteroatoms. The van der Waals surface area contributed by atoms with Crippen LogP contribution in [0, 0.1) is 0 Å². The van der Waals surface area contributed by atoms with E-state index in [1.165, 1.54) is 19.3 Å². The lowest BCUT2D eigenvalue weighted by Gasteiger charge is -2.27. The highest BCUT2D eigenvalue weighted by Gasteiger charge is 2.29. The summed E-state index contributed by atoms with van der Waals surface area (Å²) in [4.78, 5) is 2.30. The highest BCUT2D eigenvalue weighted by molar-refractivity contribution is 4.96. The summed E-state index contributed by atoms with van der Waals surface area (Å²) in [7, 11) is 0. The van der Waals surface area contributed by atoms with E-state index in [1.54, 1.807) is 0 Å². The second-order valence-electron chi connectivity index (χ2n) is 4.00. The molecule has 2 nitrogen and oxygen atoms in total. The summed E-state index contributed by atoms with van der Waals surface area (Å²) in [6.45, 7) is 11.4. The first-order valence-corrected chi connectivity index (χ1v) is 5.26. The summed E-state index contributed by atoms with van der Waals surface area (Å²) in [5.74, 6) is 0.858. The highest BCUT2D eigenvalue weighted by atomic mass is 16.5. The number of unbranched alkanes of at least 4 members (excludes halogenated alkanes) is 1. The topological polar surface area (TPSA) is 12.5 Å². The lowest BCUT2D eigenvalue weighted by Crippen LogP contribution is -2.35. The van der Waals surface area contributed by atoms with Gasteiger partial charge in [0.25, 0.3) is 0 Å². The average molecular weight is 183 g/mol. The Morgan fingerprint density at radius 2 is 2.31 bits per heavy atom. The molecular weight excluding hydrogens is 162 g/mol. The van der Waals surface area contributed by atoms with Crippen molar-refractivity contribution in [1.29, 1.82) is 0 Å². The molecule has 0 aromatic rings. The molecule has 1 unspecified atom stereocenters. The zero-order valence-corrected chi connectivity index (χ0v) is 9.05. The monoisotopic (exact) mass is 183 g/mol. The van der Waals surface area contributed by atoms with E-state index in [1.807, 2.05) is 0 Å². The van der Waals surface area contributed by atoms with Gasteiger partial charge < -0.3 is 9.64 Å². The van der Waals surface area contributed by atoms with Gasteiger partial charge in [0.1, 0.15) is 6.61 Å². The highest BCUT2D eigenvalue weighted by Crippen LogP contribution is 2.25. The standard InChI is InChI=1S/C11H21NO/c1-5-6-7-11-8-13-10(4)12(11)9(2)3/h9,11H,4-8H2,1-3H3. The average Bonchev–Trinajstić information content (AvgIpc) is 2.43. The quantitative estimate of drug-likeness (QED) is 0.664. The third-order valence-electron chi connectivity index (χ3n) is 2.57. The Morgan fingerprint density at radius 1 is 1.62 bits per heavy atom. The largest absolute Gasteiger partial charge is 0.477 e. The minimum atomic E-state index is 0.511. The lowest BCUT2D eigenvalue weighted by molar-refractivity contribution is 0.210. The molecule has 1 aliphatic rings. The summed E-state index contributed by atoms with van der Waals surface area (Å²) >= 11 is 0. The first kappa shape index (κ1) is 10.4. The number of rotatable bonds is 4. The minimum Gasteiger partial charge on any atom is -0.477 e. The molecule has 1 atom stereocenters. The van der Waals surface area contributed by atoms with Crippen molar-refractivity contribution >= 4 is 0 Å². The maximum absolute atomic E-state index is 5.47. The Bertz CT molecular complexity index is 177. The third kappa shape index (κ3) is 2.39. The van der Waals surface area contributed by atoms with Crippen molar-refractivity contribution < 1.29 is 4.74 Å². The lowest BCUT2D eigenvalue weighted by atomic mass is 10.1. The number of hydrogen-bond donors (Lipinski definition) is 0. The van der Waals surface area contributed by atoms with Crippen LogP contribution in [-0.2, 0) is 4.74 Å². The Balaban J connectivity index is 2.49. The Labute approximate surface area is 81.6 Å². The molecule has 0 aliphatic carbocycles. The number of ether oxygens (including phenoxy) is 1. The fourth-order valence-corrected chi connectivity index (χ4v) is 1.92. The smallest absolute Gasteiger partial charge is 0.182 e. The van der Waals surface area contributed by atoms with Crippen molar-refractivity contribution in [2.75, 3.05) is 6.61 Å². The predicted molar refractivity (Wildman–Crippen MR) is 55.4 cm³/mol. The van der Waals surface area contributed by atoms with Gasteiger partial charge in [0.05, 0.1) is 6.04 Å². The summed E-state index contributed by atoms with van der Waals surface area (Å²) in [6, 6.07) is 1.07. The Kier molecular flexibility index (Phi) is 3.64. The molecule has 1 heterocycles. The van der Waals surface area contributed by atoms with Crippen LogP contribution in [0.5, 0.6) is 0 Å². The van der Waals surface area contributed by atoms with E-state index in [0.29, 0.717) is 12.1 Å². The molecule has 76 valence electrons. The predicted octanol–water partition coefficient (Wildman–Crippen LogP) is 2.76. The Morgan fingerprint density at radius 3 is 2.85 bits per heavy atom. The van der Waals surface area contributed by atoms with Crippen molar-refractivity contribution in [2.24, 2.45) is 0 Å². The minimum absolute atomic E-state index is 0.511. The first-order valence-electron chi connectivity index (χ1n) is 5.26. The van der Waals surface area contributed by atoms with Crippen molar-refractivity contribution in [2.45, 2.75) is 52.1 Å². The zero-order chi connectivity index (χ0) is 9.84. The van der Waals surface area contributed by atoms with Gasteiger partial charge in [0.15, 0.2) is 5.88 Å². The second kappa shape index (κ2) is 4.54. The van der Waals surface area contributed by atoms with E-state index in [2.05, 4.69) is 32.3 Å². The van der Waals surface area contributed by atoms with Crippen molar-refractivity contribution in [3.05, 3.63) is 12.5 Å². The van der Waals surface area contributed by atoms with Gasteiger partial charge in [-0.15, -0.1) is 0 Å². The maximum atomic E-state index is 5.47. The van der Waals surface area contributed by atoms with E-state index in [4.69, 9.17) is 4.74 Å². The second-order valence-corrected chi connectivity index (χ2v) is 4.00. The number of nitrogens with zero attached hydrogens (tertiary/aromatic N) is 1. The fourth-order valence-electron chi connectivity index (χ4n) is 1.92. The molecule has 1 saturated heterocycles. The van der Waals surface area contributed by atoms with E-state index in [-0.39, 0.29) is 0 Å². The van der Waals surface area contributed by atoms with Gasteiger partial charge in [-0.25, -0.2) is 0 Å². The Hall–Kier alpha value is -0.660. The molecule has 0 saturated carbocycles. The SMILES string of the molecule is C=C1OCC(CCCC)N1C(C)C. The molecule has 0 aromatic heterocycles. The molecule has 0 spiro atoms. The van der Waals surface area contributed by atoms with Gasteiger partial charge in [-0.2, -0.15) is 0 Å². The third-order valence-corrected chi connectivity index (χ3v) is 2.57. The molecule has 1 aliphatic heterocycles. The molecule has 0 aromatic carbocycles. The summed E-state index contributed by atoms with van der Waals surface area (Å²) in [5.41, 5.74) is 0.